The van der Waals surface area contributed by atoms with Crippen LogP contribution in [0.15, 0.2) is 0 Å². The molecule has 0 aliphatic carbocycles. The van der Waals surface area contributed by atoms with Crippen LogP contribution >= 0.6 is 0 Å². The molecule has 0 aliphatic heterocycles. The van der Waals surface area contributed by atoms with E-state index in [-0.39, 0.29) is 18.6 Å². The summed E-state index contributed by atoms with van der Waals surface area (Å²) in [5.74, 6) is 0.460. The number of aliphatic hydroxyl groups is 1. The fourth-order valence-corrected chi connectivity index (χ4v) is 0.877. The molecule has 0 aromatic carbocycles. The van der Waals surface area contributed by atoms with Gasteiger partial charge in [0, 0.05) is 13.1 Å². The highest BCUT2D eigenvalue weighted by Gasteiger charge is 2.03. The van der Waals surface area contributed by atoms with Gasteiger partial charge in [0.1, 0.15) is 0 Å². The van der Waals surface area contributed by atoms with Crippen molar-refractivity contribution in [1.82, 2.24) is 10.6 Å². The van der Waals surface area contributed by atoms with Crippen LogP contribution in [0.5, 0.6) is 0 Å². The molecule has 0 aliphatic rings. The summed E-state index contributed by atoms with van der Waals surface area (Å²) in [6.45, 7) is 7.47. The van der Waals surface area contributed by atoms with Crippen LogP contribution in [-0.4, -0.2) is 36.8 Å². The summed E-state index contributed by atoms with van der Waals surface area (Å²) in [5.41, 5.74) is 0. The maximum absolute atomic E-state index is 11.2. The zero-order valence-electron chi connectivity index (χ0n) is 9.34. The predicted octanol–water partition coefficient (Wildman–Crippen LogP) is 0.119. The first-order valence-corrected chi connectivity index (χ1v) is 5.21. The van der Waals surface area contributed by atoms with E-state index in [1.165, 1.54) is 0 Å². The van der Waals surface area contributed by atoms with E-state index < -0.39 is 0 Å². The van der Waals surface area contributed by atoms with Crippen molar-refractivity contribution in [3.8, 4) is 0 Å². The minimum Gasteiger partial charge on any atom is -0.392 e. The Kier molecular flexibility index (Phi) is 7.42. The van der Waals surface area contributed by atoms with Crippen molar-refractivity contribution in [2.75, 3.05) is 19.6 Å². The zero-order chi connectivity index (χ0) is 11.0. The number of hydrogen-bond acceptors (Lipinski definition) is 3. The van der Waals surface area contributed by atoms with Gasteiger partial charge in [-0.25, -0.2) is 0 Å². The van der Waals surface area contributed by atoms with Gasteiger partial charge in [0.05, 0.1) is 12.6 Å². The van der Waals surface area contributed by atoms with Crippen LogP contribution in [0.1, 0.15) is 27.2 Å². The van der Waals surface area contributed by atoms with Crippen molar-refractivity contribution in [2.24, 2.45) is 5.92 Å². The molecule has 0 spiro atoms. The lowest BCUT2D eigenvalue weighted by atomic mass is 10.2. The molecule has 4 heteroatoms. The summed E-state index contributed by atoms with van der Waals surface area (Å²) in [5, 5.41) is 14.9. The topological polar surface area (TPSA) is 61.4 Å². The fraction of sp³-hybridized carbons (Fsp3) is 0.900. The van der Waals surface area contributed by atoms with Gasteiger partial charge in [0.15, 0.2) is 0 Å². The van der Waals surface area contributed by atoms with E-state index in [2.05, 4.69) is 24.5 Å². The molecule has 0 rings (SSSR count). The van der Waals surface area contributed by atoms with E-state index in [1.807, 2.05) is 6.92 Å². The van der Waals surface area contributed by atoms with Crippen molar-refractivity contribution in [2.45, 2.75) is 33.3 Å². The number of amides is 1. The average molecular weight is 202 g/mol. The molecule has 1 amide bonds. The molecule has 0 saturated heterocycles. The highest BCUT2D eigenvalue weighted by Crippen LogP contribution is 1.87. The first-order chi connectivity index (χ1) is 6.56. The van der Waals surface area contributed by atoms with E-state index >= 15 is 0 Å². The smallest absolute Gasteiger partial charge is 0.233 e. The highest BCUT2D eigenvalue weighted by atomic mass is 16.3. The number of carbonyl (C=O) groups excluding carboxylic acids is 1. The number of carbonyl (C=O) groups is 1. The van der Waals surface area contributed by atoms with Crippen LogP contribution in [0.3, 0.4) is 0 Å². The summed E-state index contributed by atoms with van der Waals surface area (Å²) >= 11 is 0. The largest absolute Gasteiger partial charge is 0.392 e. The standard InChI is InChI=1S/C10H22N2O2/c1-4-9(13)6-11-7-10(14)12-5-8(2)3/h8-9,11,13H,4-7H2,1-3H3,(H,12,14). The van der Waals surface area contributed by atoms with Crippen LogP contribution < -0.4 is 10.6 Å². The molecule has 0 radical (unpaired) electrons. The summed E-state index contributed by atoms with van der Waals surface area (Å²) in [6.07, 6.45) is 0.355. The van der Waals surface area contributed by atoms with E-state index in [0.29, 0.717) is 25.4 Å². The van der Waals surface area contributed by atoms with Gasteiger partial charge in [-0.2, -0.15) is 0 Å². The molecule has 4 nitrogen and oxygen atoms in total. The SMILES string of the molecule is CCC(O)CNCC(=O)NCC(C)C. The van der Waals surface area contributed by atoms with Crippen LogP contribution in [0.2, 0.25) is 0 Å². The molecule has 0 aromatic rings. The van der Waals surface area contributed by atoms with Gasteiger partial charge >= 0.3 is 0 Å². The van der Waals surface area contributed by atoms with Crippen LogP contribution in [0, 0.1) is 5.92 Å². The second kappa shape index (κ2) is 7.76. The van der Waals surface area contributed by atoms with Gasteiger partial charge in [-0.3, -0.25) is 4.79 Å². The molecule has 0 bridgehead atoms. The van der Waals surface area contributed by atoms with Crippen molar-refractivity contribution in [3.63, 3.8) is 0 Å². The number of aliphatic hydroxyl groups excluding tert-OH is 1. The maximum atomic E-state index is 11.2. The molecule has 0 heterocycles. The minimum absolute atomic E-state index is 0.0120. The average Bonchev–Trinajstić information content (AvgIpc) is 2.14. The van der Waals surface area contributed by atoms with E-state index in [4.69, 9.17) is 0 Å². The Morgan fingerprint density at radius 2 is 2.00 bits per heavy atom. The summed E-state index contributed by atoms with van der Waals surface area (Å²) < 4.78 is 0. The van der Waals surface area contributed by atoms with Crippen molar-refractivity contribution >= 4 is 5.91 Å². The molecule has 3 N–H and O–H groups in total. The Labute approximate surface area is 86.1 Å². The van der Waals surface area contributed by atoms with Crippen LogP contribution in [-0.2, 0) is 4.79 Å². The van der Waals surface area contributed by atoms with Crippen LogP contribution in [0.4, 0.5) is 0 Å². The quantitative estimate of drug-likeness (QED) is 0.549. The lowest BCUT2D eigenvalue weighted by Crippen LogP contribution is -2.38. The first kappa shape index (κ1) is 13.4. The lowest BCUT2D eigenvalue weighted by Gasteiger charge is -2.10. The van der Waals surface area contributed by atoms with Gasteiger partial charge in [-0.1, -0.05) is 20.8 Å². The predicted molar refractivity (Wildman–Crippen MR) is 57.0 cm³/mol. The maximum Gasteiger partial charge on any atom is 0.233 e. The Hall–Kier alpha value is -0.610. The Morgan fingerprint density at radius 1 is 1.36 bits per heavy atom. The third-order valence-electron chi connectivity index (χ3n) is 1.84. The van der Waals surface area contributed by atoms with Gasteiger partial charge in [0.25, 0.3) is 0 Å². The minimum atomic E-state index is -0.354. The van der Waals surface area contributed by atoms with Crippen molar-refractivity contribution in [3.05, 3.63) is 0 Å². The van der Waals surface area contributed by atoms with Crippen molar-refractivity contribution < 1.29 is 9.90 Å². The highest BCUT2D eigenvalue weighted by molar-refractivity contribution is 5.77. The van der Waals surface area contributed by atoms with E-state index in [1.54, 1.807) is 0 Å². The molecule has 1 unspecified atom stereocenters. The molecule has 0 aromatic heterocycles. The normalized spacial score (nSPS) is 12.9. The number of rotatable bonds is 7. The molecule has 0 saturated carbocycles. The third-order valence-corrected chi connectivity index (χ3v) is 1.84. The summed E-state index contributed by atoms with van der Waals surface area (Å²) in [6, 6.07) is 0. The van der Waals surface area contributed by atoms with Crippen LogP contribution in [0.25, 0.3) is 0 Å². The fourth-order valence-electron chi connectivity index (χ4n) is 0.877. The number of nitrogens with one attached hydrogen (secondary N) is 2. The second-order valence-corrected chi connectivity index (χ2v) is 3.89. The van der Waals surface area contributed by atoms with E-state index in [9.17, 15) is 9.90 Å². The summed E-state index contributed by atoms with van der Waals surface area (Å²) in [4.78, 5) is 11.2. The molecule has 84 valence electrons. The third kappa shape index (κ3) is 8.01. The van der Waals surface area contributed by atoms with Gasteiger partial charge < -0.3 is 15.7 Å². The molecular weight excluding hydrogens is 180 g/mol. The monoisotopic (exact) mass is 202 g/mol. The molecule has 14 heavy (non-hydrogen) atoms. The van der Waals surface area contributed by atoms with Crippen molar-refractivity contribution in [1.29, 1.82) is 0 Å². The van der Waals surface area contributed by atoms with E-state index in [0.717, 1.165) is 0 Å². The Morgan fingerprint density at radius 3 is 2.50 bits per heavy atom. The Bertz CT molecular complexity index is 160. The Balaban J connectivity index is 3.35. The zero-order valence-corrected chi connectivity index (χ0v) is 9.34. The van der Waals surface area contributed by atoms with Gasteiger partial charge in [-0.05, 0) is 12.3 Å². The molecular formula is C10H22N2O2. The molecule has 0 fully saturated rings. The molecule has 1 atom stereocenters. The number of hydrogen-bond donors (Lipinski definition) is 3. The van der Waals surface area contributed by atoms with Gasteiger partial charge in [-0.15, -0.1) is 0 Å². The summed E-state index contributed by atoms with van der Waals surface area (Å²) in [7, 11) is 0. The van der Waals surface area contributed by atoms with Gasteiger partial charge in [0.2, 0.25) is 5.91 Å². The lowest BCUT2D eigenvalue weighted by molar-refractivity contribution is -0.120. The second-order valence-electron chi connectivity index (χ2n) is 3.89. The first-order valence-electron chi connectivity index (χ1n) is 5.21.